The molecule has 2 aliphatic heterocycles. The SMILES string of the molecule is NC[C@H]1O[C@H](O[C@H]2[C@H](O[C@H]3O[C@H](CO)[C@@H](O)[C@H]3O)[C@@H](O)[C@H](N)C[C@@H]2N)[C@@H](N)[C@@H](O)[C@H]1O. The van der Waals surface area contributed by atoms with Gasteiger partial charge in [0.25, 0.3) is 0 Å². The van der Waals surface area contributed by atoms with Gasteiger partial charge in [-0.25, -0.2) is 0 Å². The Morgan fingerprint density at radius 1 is 0.710 bits per heavy atom. The van der Waals surface area contributed by atoms with Crippen LogP contribution in [0.4, 0.5) is 0 Å². The predicted octanol–water partition coefficient (Wildman–Crippen LogP) is -6.65. The van der Waals surface area contributed by atoms with E-state index in [4.69, 9.17) is 41.9 Å². The van der Waals surface area contributed by atoms with Gasteiger partial charge in [0.05, 0.1) is 18.8 Å². The molecule has 0 aromatic carbocycles. The number of hydrogen-bond acceptors (Lipinski definition) is 14. The van der Waals surface area contributed by atoms with Gasteiger partial charge in [-0.2, -0.15) is 0 Å². The van der Waals surface area contributed by atoms with Crippen LogP contribution in [-0.2, 0) is 18.9 Å². The highest BCUT2D eigenvalue weighted by atomic mass is 16.7. The second-order valence-electron chi connectivity index (χ2n) is 8.30. The van der Waals surface area contributed by atoms with E-state index in [9.17, 15) is 30.6 Å². The molecule has 14 nitrogen and oxygen atoms in total. The monoisotopic (exact) mass is 454 g/mol. The van der Waals surface area contributed by atoms with Crippen molar-refractivity contribution in [2.45, 2.75) is 92.1 Å². The minimum absolute atomic E-state index is 0.114. The fourth-order valence-corrected chi connectivity index (χ4v) is 4.16. The highest BCUT2D eigenvalue weighted by Gasteiger charge is 2.52. The van der Waals surface area contributed by atoms with Crippen LogP contribution in [0.25, 0.3) is 0 Å². The molecule has 3 fully saturated rings. The molecule has 0 amide bonds. The molecule has 0 aromatic heterocycles. The summed E-state index contributed by atoms with van der Waals surface area (Å²) in [4.78, 5) is 0. The van der Waals surface area contributed by atoms with Gasteiger partial charge in [-0.15, -0.1) is 0 Å². The molecule has 0 radical (unpaired) electrons. The number of hydrogen-bond donors (Lipinski definition) is 10. The Balaban J connectivity index is 1.78. The molecule has 14 atom stereocenters. The van der Waals surface area contributed by atoms with Crippen LogP contribution in [0.1, 0.15) is 6.42 Å². The van der Waals surface area contributed by atoms with Gasteiger partial charge in [-0.1, -0.05) is 0 Å². The van der Waals surface area contributed by atoms with Crippen LogP contribution in [-0.4, -0.2) is 129 Å². The van der Waals surface area contributed by atoms with Crippen molar-refractivity contribution < 1.29 is 49.6 Å². The lowest BCUT2D eigenvalue weighted by molar-refractivity contribution is -0.306. The first-order valence-corrected chi connectivity index (χ1v) is 10.2. The summed E-state index contributed by atoms with van der Waals surface area (Å²) in [5, 5.41) is 60.2. The third-order valence-electron chi connectivity index (χ3n) is 6.13. The molecule has 3 aliphatic rings. The second-order valence-corrected chi connectivity index (χ2v) is 8.30. The van der Waals surface area contributed by atoms with Crippen LogP contribution >= 0.6 is 0 Å². The first-order chi connectivity index (χ1) is 14.6. The Kier molecular flexibility index (Phi) is 8.21. The molecule has 0 unspecified atom stereocenters. The van der Waals surface area contributed by atoms with Crippen LogP contribution < -0.4 is 22.9 Å². The number of nitrogens with two attached hydrogens (primary N) is 4. The van der Waals surface area contributed by atoms with Gasteiger partial charge in [0.15, 0.2) is 12.6 Å². The predicted molar refractivity (Wildman–Crippen MR) is 102 cm³/mol. The molecule has 0 spiro atoms. The maximum atomic E-state index is 10.6. The molecule has 14 heteroatoms. The number of rotatable bonds is 6. The molecule has 182 valence electrons. The van der Waals surface area contributed by atoms with E-state index in [0.29, 0.717) is 0 Å². The van der Waals surface area contributed by atoms with E-state index in [-0.39, 0.29) is 13.0 Å². The molecular formula is C17H34N4O10. The molecule has 2 heterocycles. The number of aliphatic hydroxyl groups is 6. The van der Waals surface area contributed by atoms with Crippen molar-refractivity contribution in [2.24, 2.45) is 22.9 Å². The van der Waals surface area contributed by atoms with Crippen LogP contribution in [0.3, 0.4) is 0 Å². The molecule has 14 N–H and O–H groups in total. The minimum atomic E-state index is -1.51. The first-order valence-electron chi connectivity index (χ1n) is 10.2. The van der Waals surface area contributed by atoms with E-state index < -0.39 is 92.2 Å². The maximum absolute atomic E-state index is 10.6. The summed E-state index contributed by atoms with van der Waals surface area (Å²) in [5.41, 5.74) is 23.6. The normalized spacial score (nSPS) is 53.6. The van der Waals surface area contributed by atoms with Crippen molar-refractivity contribution in [3.05, 3.63) is 0 Å². The van der Waals surface area contributed by atoms with Gasteiger partial charge in [0.2, 0.25) is 0 Å². The lowest BCUT2D eigenvalue weighted by Gasteiger charge is -2.47. The topological polar surface area (TPSA) is 262 Å². The quantitative estimate of drug-likeness (QED) is 0.179. The molecular weight excluding hydrogens is 420 g/mol. The first kappa shape index (κ1) is 25.1. The standard InChI is InChI=1S/C17H34N4O10/c18-2-6-10(24)12(26)8(21)16(28-6)30-14-5(20)1-4(19)9(23)15(14)31-17-13(27)11(25)7(3-22)29-17/h4-17,22-27H,1-3,18-21H2/t4-,5+,6-,7-,8+,9+,10+,11-,12-,13-,14-,15-,16-,17-/m1/s1. The van der Waals surface area contributed by atoms with Crippen molar-refractivity contribution in [1.29, 1.82) is 0 Å². The molecule has 3 rings (SSSR count). The molecule has 1 saturated carbocycles. The summed E-state index contributed by atoms with van der Waals surface area (Å²) >= 11 is 0. The van der Waals surface area contributed by atoms with E-state index >= 15 is 0 Å². The molecule has 0 bridgehead atoms. The highest BCUT2D eigenvalue weighted by molar-refractivity contribution is 5.01. The molecule has 31 heavy (non-hydrogen) atoms. The highest BCUT2D eigenvalue weighted by Crippen LogP contribution is 2.31. The third kappa shape index (κ3) is 4.87. The van der Waals surface area contributed by atoms with E-state index in [0.717, 1.165) is 0 Å². The zero-order chi connectivity index (χ0) is 23.0. The fraction of sp³-hybridized carbons (Fsp3) is 1.00. The largest absolute Gasteiger partial charge is 0.394 e. The Morgan fingerprint density at radius 2 is 1.29 bits per heavy atom. The minimum Gasteiger partial charge on any atom is -0.394 e. The van der Waals surface area contributed by atoms with Crippen LogP contribution in [0.2, 0.25) is 0 Å². The Hall–Kier alpha value is -0.560. The summed E-state index contributed by atoms with van der Waals surface area (Å²) in [6, 6.07) is -2.72. The lowest BCUT2D eigenvalue weighted by atomic mass is 9.84. The molecule has 2 saturated heterocycles. The zero-order valence-electron chi connectivity index (χ0n) is 16.8. The Bertz CT molecular complexity index is 591. The van der Waals surface area contributed by atoms with Crippen molar-refractivity contribution >= 4 is 0 Å². The van der Waals surface area contributed by atoms with E-state index in [1.807, 2.05) is 0 Å². The average Bonchev–Trinajstić information content (AvgIpc) is 3.02. The summed E-state index contributed by atoms with van der Waals surface area (Å²) in [6.45, 7) is -0.673. The fourth-order valence-electron chi connectivity index (χ4n) is 4.16. The molecule has 1 aliphatic carbocycles. The summed E-state index contributed by atoms with van der Waals surface area (Å²) < 4.78 is 22.5. The van der Waals surface area contributed by atoms with Gasteiger partial charge >= 0.3 is 0 Å². The van der Waals surface area contributed by atoms with Crippen LogP contribution in [0.5, 0.6) is 0 Å². The third-order valence-corrected chi connectivity index (χ3v) is 6.13. The van der Waals surface area contributed by atoms with Gasteiger partial charge in [-0.3, -0.25) is 0 Å². The van der Waals surface area contributed by atoms with Gasteiger partial charge in [0.1, 0.15) is 48.8 Å². The smallest absolute Gasteiger partial charge is 0.187 e. The van der Waals surface area contributed by atoms with Gasteiger partial charge in [0, 0.05) is 18.6 Å². The van der Waals surface area contributed by atoms with Crippen molar-refractivity contribution in [1.82, 2.24) is 0 Å². The lowest BCUT2D eigenvalue weighted by Crippen LogP contribution is -2.68. The van der Waals surface area contributed by atoms with Crippen molar-refractivity contribution in [2.75, 3.05) is 13.2 Å². The van der Waals surface area contributed by atoms with Crippen molar-refractivity contribution in [3.8, 4) is 0 Å². The van der Waals surface area contributed by atoms with E-state index in [2.05, 4.69) is 0 Å². The van der Waals surface area contributed by atoms with Gasteiger partial charge < -0.3 is 72.5 Å². The number of ether oxygens (including phenoxy) is 4. The Labute approximate surface area is 178 Å². The van der Waals surface area contributed by atoms with E-state index in [1.54, 1.807) is 0 Å². The Morgan fingerprint density at radius 3 is 1.87 bits per heavy atom. The summed E-state index contributed by atoms with van der Waals surface area (Å²) in [5.74, 6) is 0. The zero-order valence-corrected chi connectivity index (χ0v) is 16.8. The van der Waals surface area contributed by atoms with Crippen LogP contribution in [0.15, 0.2) is 0 Å². The van der Waals surface area contributed by atoms with E-state index in [1.165, 1.54) is 0 Å². The average molecular weight is 454 g/mol. The number of aliphatic hydroxyl groups excluding tert-OH is 6. The molecule has 0 aromatic rings. The maximum Gasteiger partial charge on any atom is 0.187 e. The summed E-state index contributed by atoms with van der Waals surface area (Å²) in [6.07, 6.45) is -13.8. The van der Waals surface area contributed by atoms with Crippen molar-refractivity contribution in [3.63, 3.8) is 0 Å². The second kappa shape index (κ2) is 10.1. The van der Waals surface area contributed by atoms with Gasteiger partial charge in [-0.05, 0) is 6.42 Å². The summed E-state index contributed by atoms with van der Waals surface area (Å²) in [7, 11) is 0. The van der Waals surface area contributed by atoms with Crippen LogP contribution in [0, 0.1) is 0 Å².